The average molecular weight is 255 g/mol. The van der Waals surface area contributed by atoms with Crippen LogP contribution in [0.4, 0.5) is 11.4 Å². The lowest BCUT2D eigenvalue weighted by Gasteiger charge is -2.07. The van der Waals surface area contributed by atoms with Crippen LogP contribution in [-0.2, 0) is 0 Å². The van der Waals surface area contributed by atoms with Crippen molar-refractivity contribution in [1.82, 2.24) is 4.98 Å². The van der Waals surface area contributed by atoms with Gasteiger partial charge >= 0.3 is 0 Å². The third-order valence-electron chi connectivity index (χ3n) is 2.62. The largest absolute Gasteiger partial charge is 0.397 e. The van der Waals surface area contributed by atoms with Gasteiger partial charge in [0.1, 0.15) is 0 Å². The second-order valence-electron chi connectivity index (χ2n) is 4.05. The van der Waals surface area contributed by atoms with Gasteiger partial charge in [-0.3, -0.25) is 14.6 Å². The van der Waals surface area contributed by atoms with E-state index in [0.717, 1.165) is 0 Å². The molecule has 0 bridgehead atoms. The quantitative estimate of drug-likeness (QED) is 0.822. The Labute approximate surface area is 110 Å². The van der Waals surface area contributed by atoms with Gasteiger partial charge in [-0.25, -0.2) is 0 Å². The number of Topliss-reactive ketones (excluding diaryl/α,β-unsaturated/α-hetero) is 1. The van der Waals surface area contributed by atoms with E-state index < -0.39 is 0 Å². The molecule has 1 aromatic carbocycles. The van der Waals surface area contributed by atoms with E-state index in [-0.39, 0.29) is 11.7 Å². The van der Waals surface area contributed by atoms with Crippen molar-refractivity contribution in [2.45, 2.75) is 6.92 Å². The van der Waals surface area contributed by atoms with Crippen LogP contribution in [0.5, 0.6) is 0 Å². The van der Waals surface area contributed by atoms with Crippen LogP contribution in [0.1, 0.15) is 27.6 Å². The number of pyridine rings is 1. The van der Waals surface area contributed by atoms with Crippen LogP contribution in [-0.4, -0.2) is 16.7 Å². The minimum atomic E-state index is -0.333. The number of nitrogens with zero attached hydrogens (tertiary/aromatic N) is 1. The molecule has 0 fully saturated rings. The number of carbonyl (C=O) groups excluding carboxylic acids is 2. The summed E-state index contributed by atoms with van der Waals surface area (Å²) in [5.74, 6) is -0.389. The smallest absolute Gasteiger partial charge is 0.257 e. The first kappa shape index (κ1) is 12.8. The van der Waals surface area contributed by atoms with Crippen molar-refractivity contribution in [2.24, 2.45) is 0 Å². The average Bonchev–Trinajstić information content (AvgIpc) is 2.39. The number of carbonyl (C=O) groups is 2. The van der Waals surface area contributed by atoms with Crippen molar-refractivity contribution in [2.75, 3.05) is 11.1 Å². The molecule has 0 aliphatic carbocycles. The van der Waals surface area contributed by atoms with E-state index in [1.807, 2.05) is 0 Å². The van der Waals surface area contributed by atoms with Crippen LogP contribution in [0.15, 0.2) is 42.7 Å². The molecule has 5 heteroatoms. The van der Waals surface area contributed by atoms with Crippen LogP contribution in [0.25, 0.3) is 0 Å². The SMILES string of the molecule is CC(=O)c1cccc(NC(=O)c2ccncc2N)c1. The number of benzene rings is 1. The maximum atomic E-state index is 12.0. The summed E-state index contributed by atoms with van der Waals surface area (Å²) in [6.07, 6.45) is 2.91. The van der Waals surface area contributed by atoms with E-state index in [0.29, 0.717) is 22.5 Å². The molecule has 5 nitrogen and oxygen atoms in total. The first-order valence-electron chi connectivity index (χ1n) is 5.70. The first-order valence-corrected chi connectivity index (χ1v) is 5.70. The normalized spacial score (nSPS) is 9.95. The highest BCUT2D eigenvalue weighted by Crippen LogP contribution is 2.15. The molecule has 0 aliphatic heterocycles. The highest BCUT2D eigenvalue weighted by molar-refractivity contribution is 6.08. The van der Waals surface area contributed by atoms with Gasteiger partial charge in [-0.05, 0) is 25.1 Å². The second-order valence-corrected chi connectivity index (χ2v) is 4.05. The van der Waals surface area contributed by atoms with Crippen LogP contribution >= 0.6 is 0 Å². The molecule has 3 N–H and O–H groups in total. The zero-order chi connectivity index (χ0) is 13.8. The molecule has 0 aliphatic rings. The lowest BCUT2D eigenvalue weighted by atomic mass is 10.1. The summed E-state index contributed by atoms with van der Waals surface area (Å²) in [4.78, 5) is 27.1. The minimum Gasteiger partial charge on any atom is -0.397 e. The van der Waals surface area contributed by atoms with E-state index in [1.165, 1.54) is 19.3 Å². The fraction of sp³-hybridized carbons (Fsp3) is 0.0714. The summed E-state index contributed by atoms with van der Waals surface area (Å²) in [5.41, 5.74) is 7.43. The Kier molecular flexibility index (Phi) is 3.56. The molecule has 0 unspecified atom stereocenters. The highest BCUT2D eigenvalue weighted by atomic mass is 16.1. The van der Waals surface area contributed by atoms with Gasteiger partial charge in [0.05, 0.1) is 17.4 Å². The van der Waals surface area contributed by atoms with Gasteiger partial charge in [-0.15, -0.1) is 0 Å². The predicted molar refractivity (Wildman–Crippen MR) is 73.0 cm³/mol. The van der Waals surface area contributed by atoms with Gasteiger partial charge in [0.2, 0.25) is 0 Å². The third-order valence-corrected chi connectivity index (χ3v) is 2.62. The number of hydrogen-bond donors (Lipinski definition) is 2. The number of ketones is 1. The minimum absolute atomic E-state index is 0.0560. The Morgan fingerprint density at radius 3 is 2.74 bits per heavy atom. The highest BCUT2D eigenvalue weighted by Gasteiger charge is 2.10. The molecule has 2 rings (SSSR count). The van der Waals surface area contributed by atoms with E-state index in [1.54, 1.807) is 30.3 Å². The van der Waals surface area contributed by atoms with Crippen molar-refractivity contribution in [3.63, 3.8) is 0 Å². The number of aromatic nitrogens is 1. The summed E-state index contributed by atoms with van der Waals surface area (Å²) in [6, 6.07) is 8.28. The molecule has 19 heavy (non-hydrogen) atoms. The molecule has 1 amide bonds. The number of hydrogen-bond acceptors (Lipinski definition) is 4. The van der Waals surface area contributed by atoms with E-state index >= 15 is 0 Å². The molecule has 0 saturated carbocycles. The molecule has 0 saturated heterocycles. The van der Waals surface area contributed by atoms with Gasteiger partial charge < -0.3 is 11.1 Å². The molecule has 0 radical (unpaired) electrons. The van der Waals surface area contributed by atoms with Gasteiger partial charge in [0.15, 0.2) is 5.78 Å². The monoisotopic (exact) mass is 255 g/mol. The number of nitrogens with two attached hydrogens (primary N) is 1. The standard InChI is InChI=1S/C14H13N3O2/c1-9(18)10-3-2-4-11(7-10)17-14(19)12-5-6-16-8-13(12)15/h2-8H,15H2,1H3,(H,17,19). The summed E-state index contributed by atoms with van der Waals surface area (Å²) in [6.45, 7) is 1.47. The summed E-state index contributed by atoms with van der Waals surface area (Å²) < 4.78 is 0. The van der Waals surface area contributed by atoms with Crippen LogP contribution in [0, 0.1) is 0 Å². The Balaban J connectivity index is 2.22. The number of nitrogens with one attached hydrogen (secondary N) is 1. The topological polar surface area (TPSA) is 85.1 Å². The van der Waals surface area contributed by atoms with E-state index in [2.05, 4.69) is 10.3 Å². The number of anilines is 2. The first-order chi connectivity index (χ1) is 9.08. The van der Waals surface area contributed by atoms with Crippen LogP contribution in [0.3, 0.4) is 0 Å². The molecular formula is C14H13N3O2. The molecule has 2 aromatic rings. The molecular weight excluding hydrogens is 242 g/mol. The van der Waals surface area contributed by atoms with Crippen LogP contribution < -0.4 is 11.1 Å². The van der Waals surface area contributed by atoms with Gasteiger partial charge in [0.25, 0.3) is 5.91 Å². The number of nitrogen functional groups attached to an aromatic ring is 1. The van der Waals surface area contributed by atoms with Gasteiger partial charge in [0, 0.05) is 17.4 Å². The van der Waals surface area contributed by atoms with Crippen molar-refractivity contribution in [1.29, 1.82) is 0 Å². The Morgan fingerprint density at radius 1 is 1.26 bits per heavy atom. The second kappa shape index (κ2) is 5.30. The zero-order valence-electron chi connectivity index (χ0n) is 10.4. The third kappa shape index (κ3) is 2.95. The maximum Gasteiger partial charge on any atom is 0.257 e. The maximum absolute atomic E-state index is 12.0. The number of amides is 1. The fourth-order valence-corrected chi connectivity index (χ4v) is 1.63. The van der Waals surface area contributed by atoms with Crippen molar-refractivity contribution in [3.05, 3.63) is 53.9 Å². The molecule has 1 aromatic heterocycles. The molecule has 0 spiro atoms. The molecule has 1 heterocycles. The predicted octanol–water partition coefficient (Wildman–Crippen LogP) is 2.12. The summed E-state index contributed by atoms with van der Waals surface area (Å²) in [7, 11) is 0. The van der Waals surface area contributed by atoms with Crippen molar-refractivity contribution >= 4 is 23.1 Å². The summed E-state index contributed by atoms with van der Waals surface area (Å²) >= 11 is 0. The molecule has 96 valence electrons. The zero-order valence-corrected chi connectivity index (χ0v) is 10.4. The Bertz CT molecular complexity index is 638. The lowest BCUT2D eigenvalue weighted by Crippen LogP contribution is -2.14. The lowest BCUT2D eigenvalue weighted by molar-refractivity contribution is 0.101. The Hall–Kier alpha value is -2.69. The van der Waals surface area contributed by atoms with Gasteiger partial charge in [-0.1, -0.05) is 12.1 Å². The van der Waals surface area contributed by atoms with Crippen molar-refractivity contribution in [3.8, 4) is 0 Å². The molecule has 0 atom stereocenters. The summed E-state index contributed by atoms with van der Waals surface area (Å²) in [5, 5.41) is 2.70. The number of rotatable bonds is 3. The van der Waals surface area contributed by atoms with E-state index in [4.69, 9.17) is 5.73 Å². The van der Waals surface area contributed by atoms with E-state index in [9.17, 15) is 9.59 Å². The van der Waals surface area contributed by atoms with Crippen molar-refractivity contribution < 1.29 is 9.59 Å². The van der Waals surface area contributed by atoms with Crippen LogP contribution in [0.2, 0.25) is 0 Å². The van der Waals surface area contributed by atoms with Gasteiger partial charge in [-0.2, -0.15) is 0 Å². The fourth-order valence-electron chi connectivity index (χ4n) is 1.63. The Morgan fingerprint density at radius 2 is 2.05 bits per heavy atom.